The van der Waals surface area contributed by atoms with Crippen molar-refractivity contribution in [3.63, 3.8) is 0 Å². The Kier molecular flexibility index (Phi) is 7.88. The maximum Gasteiger partial charge on any atom is 0.246 e. The highest BCUT2D eigenvalue weighted by Crippen LogP contribution is 2.26. The van der Waals surface area contributed by atoms with Gasteiger partial charge in [0.25, 0.3) is 0 Å². The van der Waals surface area contributed by atoms with Crippen LogP contribution in [0.5, 0.6) is 5.75 Å². The highest BCUT2D eigenvalue weighted by atomic mass is 16.5. The second-order valence-electron chi connectivity index (χ2n) is 8.35. The first-order chi connectivity index (χ1) is 15.0. The molecule has 164 valence electrons. The third kappa shape index (κ3) is 6.20. The Bertz CT molecular complexity index is 883. The summed E-state index contributed by atoms with van der Waals surface area (Å²) in [4.78, 5) is 27.3. The number of carbonyl (C=O) groups excluding carboxylic acids is 2. The van der Waals surface area contributed by atoms with Crippen molar-refractivity contribution in [3.05, 3.63) is 71.8 Å². The number of rotatable bonds is 7. The summed E-state index contributed by atoms with van der Waals surface area (Å²) in [7, 11) is 1.64. The van der Waals surface area contributed by atoms with Crippen LogP contribution in [0.15, 0.2) is 60.7 Å². The molecule has 0 spiro atoms. The van der Waals surface area contributed by atoms with E-state index in [0.29, 0.717) is 25.9 Å². The maximum atomic E-state index is 12.9. The molecule has 0 aromatic heterocycles. The van der Waals surface area contributed by atoms with Crippen LogP contribution in [0.3, 0.4) is 0 Å². The number of methoxy groups -OCH3 is 1. The van der Waals surface area contributed by atoms with Crippen molar-refractivity contribution in [2.45, 2.75) is 32.7 Å². The zero-order valence-corrected chi connectivity index (χ0v) is 18.6. The van der Waals surface area contributed by atoms with E-state index in [0.717, 1.165) is 16.9 Å². The number of hydrogen-bond donors (Lipinski definition) is 1. The molecule has 1 aliphatic rings. The van der Waals surface area contributed by atoms with E-state index in [9.17, 15) is 9.59 Å². The van der Waals surface area contributed by atoms with E-state index in [4.69, 9.17) is 4.74 Å². The molecule has 2 amide bonds. The van der Waals surface area contributed by atoms with E-state index in [1.807, 2.05) is 65.6 Å². The van der Waals surface area contributed by atoms with Gasteiger partial charge in [0.2, 0.25) is 11.8 Å². The van der Waals surface area contributed by atoms with Gasteiger partial charge in [-0.05, 0) is 48.1 Å². The molecular weight excluding hydrogens is 388 g/mol. The van der Waals surface area contributed by atoms with Crippen LogP contribution in [0.1, 0.15) is 43.9 Å². The number of piperidine rings is 1. The Morgan fingerprint density at radius 3 is 2.26 bits per heavy atom. The minimum absolute atomic E-state index is 0.000927. The Hall–Kier alpha value is -3.08. The second-order valence-corrected chi connectivity index (χ2v) is 8.35. The summed E-state index contributed by atoms with van der Waals surface area (Å²) < 4.78 is 5.23. The lowest BCUT2D eigenvalue weighted by Gasteiger charge is -2.32. The van der Waals surface area contributed by atoms with Gasteiger partial charge in [0.1, 0.15) is 5.75 Å². The lowest BCUT2D eigenvalue weighted by molar-refractivity contribution is -0.132. The van der Waals surface area contributed by atoms with Gasteiger partial charge in [-0.2, -0.15) is 0 Å². The molecule has 1 heterocycles. The normalized spacial score (nSPS) is 15.8. The van der Waals surface area contributed by atoms with Crippen molar-refractivity contribution >= 4 is 17.9 Å². The van der Waals surface area contributed by atoms with E-state index in [1.54, 1.807) is 13.2 Å². The molecule has 0 bridgehead atoms. The smallest absolute Gasteiger partial charge is 0.246 e. The van der Waals surface area contributed by atoms with Crippen LogP contribution in [-0.2, 0) is 9.59 Å². The highest BCUT2D eigenvalue weighted by Gasteiger charge is 2.29. The van der Waals surface area contributed by atoms with Crippen LogP contribution < -0.4 is 10.1 Å². The first kappa shape index (κ1) is 22.6. The Morgan fingerprint density at radius 1 is 1.03 bits per heavy atom. The molecule has 1 saturated heterocycles. The predicted molar refractivity (Wildman–Crippen MR) is 123 cm³/mol. The van der Waals surface area contributed by atoms with Crippen molar-refractivity contribution in [1.29, 1.82) is 0 Å². The van der Waals surface area contributed by atoms with Crippen LogP contribution in [0.2, 0.25) is 0 Å². The fourth-order valence-electron chi connectivity index (χ4n) is 3.92. The molecule has 31 heavy (non-hydrogen) atoms. The van der Waals surface area contributed by atoms with Gasteiger partial charge in [-0.15, -0.1) is 0 Å². The molecule has 1 unspecified atom stereocenters. The van der Waals surface area contributed by atoms with Gasteiger partial charge < -0.3 is 15.0 Å². The van der Waals surface area contributed by atoms with Crippen molar-refractivity contribution < 1.29 is 14.3 Å². The highest BCUT2D eigenvalue weighted by molar-refractivity contribution is 5.92. The summed E-state index contributed by atoms with van der Waals surface area (Å²) in [6.45, 7) is 5.42. The number of benzene rings is 2. The van der Waals surface area contributed by atoms with E-state index in [1.165, 1.54) is 0 Å². The molecule has 1 N–H and O–H groups in total. The van der Waals surface area contributed by atoms with Gasteiger partial charge in [0, 0.05) is 25.1 Å². The lowest BCUT2D eigenvalue weighted by atomic mass is 9.92. The number of amides is 2. The summed E-state index contributed by atoms with van der Waals surface area (Å²) in [6.07, 6.45) is 4.83. The Labute approximate surface area is 185 Å². The fraction of sp³-hybridized carbons (Fsp3) is 0.385. The number of hydrogen-bond acceptors (Lipinski definition) is 3. The van der Waals surface area contributed by atoms with Crippen LogP contribution in [0.25, 0.3) is 6.08 Å². The van der Waals surface area contributed by atoms with Crippen LogP contribution in [0.4, 0.5) is 0 Å². The molecule has 5 nitrogen and oxygen atoms in total. The molecule has 1 atom stereocenters. The van der Waals surface area contributed by atoms with Gasteiger partial charge in [-0.3, -0.25) is 9.59 Å². The quantitative estimate of drug-likeness (QED) is 0.673. The number of nitrogens with zero attached hydrogens (tertiary/aromatic N) is 1. The zero-order valence-electron chi connectivity index (χ0n) is 18.6. The van der Waals surface area contributed by atoms with Gasteiger partial charge in [0.15, 0.2) is 0 Å². The average molecular weight is 421 g/mol. The molecule has 0 saturated carbocycles. The standard InChI is InChI=1S/C26H32N2O3/c1-19(2)25(21-10-12-23(31-3)13-11-21)27-26(30)22-15-17-28(18-16-22)24(29)14-9-20-7-5-4-6-8-20/h4-14,19,22,25H,15-18H2,1-3H3,(H,27,30)/b14-9+. The summed E-state index contributed by atoms with van der Waals surface area (Å²) in [6, 6.07) is 17.6. The van der Waals surface area contributed by atoms with E-state index >= 15 is 0 Å². The predicted octanol–water partition coefficient (Wildman–Crippen LogP) is 4.46. The monoisotopic (exact) mass is 420 g/mol. The second kappa shape index (κ2) is 10.8. The first-order valence-corrected chi connectivity index (χ1v) is 10.9. The molecule has 2 aromatic carbocycles. The SMILES string of the molecule is COc1ccc(C(NC(=O)C2CCN(C(=O)/C=C/c3ccccc3)CC2)C(C)C)cc1. The van der Waals surface area contributed by atoms with Crippen LogP contribution in [0, 0.1) is 11.8 Å². The Morgan fingerprint density at radius 2 is 1.68 bits per heavy atom. The summed E-state index contributed by atoms with van der Waals surface area (Å²) in [5.74, 6) is 1.07. The third-order valence-electron chi connectivity index (χ3n) is 5.83. The van der Waals surface area contributed by atoms with Crippen molar-refractivity contribution in [3.8, 4) is 5.75 Å². The minimum atomic E-state index is -0.0679. The topological polar surface area (TPSA) is 58.6 Å². The Balaban J connectivity index is 1.53. The van der Waals surface area contributed by atoms with E-state index in [2.05, 4.69) is 19.2 Å². The molecule has 2 aromatic rings. The molecule has 1 fully saturated rings. The van der Waals surface area contributed by atoms with E-state index < -0.39 is 0 Å². The van der Waals surface area contributed by atoms with Crippen LogP contribution >= 0.6 is 0 Å². The summed E-state index contributed by atoms with van der Waals surface area (Å²) in [5.41, 5.74) is 2.08. The minimum Gasteiger partial charge on any atom is -0.497 e. The third-order valence-corrected chi connectivity index (χ3v) is 5.83. The van der Waals surface area contributed by atoms with E-state index in [-0.39, 0.29) is 29.7 Å². The van der Waals surface area contributed by atoms with Gasteiger partial charge in [-0.25, -0.2) is 0 Å². The summed E-state index contributed by atoms with van der Waals surface area (Å²) >= 11 is 0. The fourth-order valence-corrected chi connectivity index (χ4v) is 3.92. The van der Waals surface area contributed by atoms with Crippen molar-refractivity contribution in [1.82, 2.24) is 10.2 Å². The average Bonchev–Trinajstić information content (AvgIpc) is 2.81. The number of nitrogens with one attached hydrogen (secondary N) is 1. The van der Waals surface area contributed by atoms with Crippen molar-refractivity contribution in [2.75, 3.05) is 20.2 Å². The molecule has 1 aliphatic heterocycles. The largest absolute Gasteiger partial charge is 0.497 e. The maximum absolute atomic E-state index is 12.9. The molecule has 3 rings (SSSR count). The molecule has 0 aliphatic carbocycles. The van der Waals surface area contributed by atoms with Gasteiger partial charge in [0.05, 0.1) is 13.2 Å². The van der Waals surface area contributed by atoms with Gasteiger partial charge in [-0.1, -0.05) is 56.3 Å². The molecular formula is C26H32N2O3. The molecule has 0 radical (unpaired) electrons. The van der Waals surface area contributed by atoms with Crippen LogP contribution in [-0.4, -0.2) is 36.9 Å². The van der Waals surface area contributed by atoms with Crippen molar-refractivity contribution in [2.24, 2.45) is 11.8 Å². The number of carbonyl (C=O) groups is 2. The van der Waals surface area contributed by atoms with Gasteiger partial charge >= 0.3 is 0 Å². The zero-order chi connectivity index (χ0) is 22.2. The number of ether oxygens (including phenoxy) is 1. The first-order valence-electron chi connectivity index (χ1n) is 10.9. The lowest BCUT2D eigenvalue weighted by Crippen LogP contribution is -2.43. The number of likely N-dealkylation sites (tertiary alicyclic amines) is 1. The summed E-state index contributed by atoms with van der Waals surface area (Å²) in [5, 5.41) is 3.23. The molecule has 5 heteroatoms.